The Kier molecular flexibility index (Phi) is 76.9. The van der Waals surface area contributed by atoms with E-state index in [0.717, 1.165) is 180 Å². The summed E-state index contributed by atoms with van der Waals surface area (Å²) in [5.74, 6) is -2.29. The lowest BCUT2D eigenvalue weighted by Gasteiger charge is -2.21. The van der Waals surface area contributed by atoms with E-state index in [2.05, 4.69) is 210 Å². The number of hydrogen-bond donors (Lipinski definition) is 3. The number of aliphatic hydroxyl groups is 1. The van der Waals surface area contributed by atoms with Crippen molar-refractivity contribution < 1.29 is 80.2 Å². The topological polar surface area (TPSA) is 237 Å². The normalized spacial score (nSPS) is 14.7. The lowest BCUT2D eigenvalue weighted by Crippen LogP contribution is -2.30. The van der Waals surface area contributed by atoms with E-state index in [9.17, 15) is 43.2 Å². The van der Waals surface area contributed by atoms with E-state index in [1.807, 2.05) is 0 Å². The summed E-state index contributed by atoms with van der Waals surface area (Å²) >= 11 is 0. The van der Waals surface area contributed by atoms with Crippen LogP contribution in [0.2, 0.25) is 0 Å². The van der Waals surface area contributed by atoms with Gasteiger partial charge in [0.1, 0.15) is 19.3 Å². The summed E-state index contributed by atoms with van der Waals surface area (Å²) in [6.45, 7) is 4.42. The maximum atomic E-state index is 13.1. The number of hydrogen-bond acceptors (Lipinski definition) is 15. The highest BCUT2D eigenvalue weighted by Gasteiger charge is 2.30. The van der Waals surface area contributed by atoms with Crippen molar-refractivity contribution in [2.24, 2.45) is 0 Å². The van der Waals surface area contributed by atoms with Crippen molar-refractivity contribution in [3.8, 4) is 0 Å². The number of phosphoric acid groups is 2. The van der Waals surface area contributed by atoms with Crippen LogP contribution in [0.25, 0.3) is 0 Å². The zero-order valence-electron chi connectivity index (χ0n) is 68.4. The molecule has 0 aromatic carbocycles. The van der Waals surface area contributed by atoms with Crippen molar-refractivity contribution in [1.82, 2.24) is 0 Å². The van der Waals surface area contributed by atoms with Crippen molar-refractivity contribution >= 4 is 39.5 Å². The number of allylic oxidation sites excluding steroid dienone is 30. The van der Waals surface area contributed by atoms with E-state index >= 15 is 0 Å². The fourth-order valence-electron chi connectivity index (χ4n) is 10.6. The minimum atomic E-state index is -5.01. The summed E-state index contributed by atoms with van der Waals surface area (Å²) in [6.07, 6.45) is 98.6. The predicted octanol–water partition coefficient (Wildman–Crippen LogP) is 25.1. The van der Waals surface area contributed by atoms with Gasteiger partial charge in [-0.2, -0.15) is 0 Å². The van der Waals surface area contributed by atoms with Crippen LogP contribution in [0.5, 0.6) is 0 Å². The fraction of sp³-hybridized carbons (Fsp3) is 0.626. The van der Waals surface area contributed by atoms with Crippen LogP contribution in [0.1, 0.15) is 310 Å². The van der Waals surface area contributed by atoms with Crippen LogP contribution in [0.3, 0.4) is 0 Å². The van der Waals surface area contributed by atoms with Gasteiger partial charge in [0, 0.05) is 25.7 Å². The van der Waals surface area contributed by atoms with E-state index in [1.165, 1.54) is 51.4 Å². The Morgan fingerprint density at radius 1 is 0.264 bits per heavy atom. The maximum Gasteiger partial charge on any atom is 0.472 e. The second kappa shape index (κ2) is 81.2. The summed E-state index contributed by atoms with van der Waals surface area (Å²) in [6, 6.07) is 0. The van der Waals surface area contributed by atoms with Crippen molar-refractivity contribution in [2.45, 2.75) is 329 Å². The molecular weight excluding hydrogens is 1430 g/mol. The van der Waals surface area contributed by atoms with Gasteiger partial charge in [-0.1, -0.05) is 306 Å². The van der Waals surface area contributed by atoms with Gasteiger partial charge in [0.15, 0.2) is 12.2 Å². The predicted molar refractivity (Wildman–Crippen MR) is 454 cm³/mol. The van der Waals surface area contributed by atoms with Gasteiger partial charge >= 0.3 is 39.5 Å². The van der Waals surface area contributed by atoms with E-state index in [0.29, 0.717) is 25.7 Å². The SMILES string of the molecule is CC/C=C\C/C=C\C/C=C\C/C=C\C/C=C\CCCCCC(=O)OC[C@H](COP(=O)(O)OC[C@@H](O)COP(=O)(O)OC[C@@H](COC(=O)CCCCCCCCCCCCCCC)OC(=O)CCCCC/C=C\C/C=C\C/C=C\C/C=C\C/C=C\CC)OC(=O)CCCCC/C=C\C/C=C\C/C=C\C/C=C\C/C=C\CC. The smallest absolute Gasteiger partial charge is 0.462 e. The number of unbranched alkanes of at least 4 members (excludes halogenated alkanes) is 21. The molecule has 17 nitrogen and oxygen atoms in total. The molecule has 3 N–H and O–H groups in total. The van der Waals surface area contributed by atoms with Gasteiger partial charge in [0.2, 0.25) is 0 Å². The number of ether oxygens (including phenoxy) is 4. The summed E-state index contributed by atoms with van der Waals surface area (Å²) < 4.78 is 68.7. The van der Waals surface area contributed by atoms with Gasteiger partial charge < -0.3 is 33.8 Å². The van der Waals surface area contributed by atoms with Crippen LogP contribution in [-0.4, -0.2) is 96.7 Å². The average Bonchev–Trinajstić information content (AvgIpc) is 0.906. The lowest BCUT2D eigenvalue weighted by molar-refractivity contribution is -0.161. The molecule has 2 unspecified atom stereocenters. The summed E-state index contributed by atoms with van der Waals surface area (Å²) in [5, 5.41) is 10.7. The Bertz CT molecular complexity index is 2800. The van der Waals surface area contributed by atoms with Crippen molar-refractivity contribution in [3.63, 3.8) is 0 Å². The Balaban J connectivity index is 5.50. The van der Waals surface area contributed by atoms with Gasteiger partial charge in [-0.3, -0.25) is 37.3 Å². The molecule has 0 aliphatic carbocycles. The number of aliphatic hydroxyl groups excluding tert-OH is 1. The molecule has 0 fully saturated rings. The Labute approximate surface area is 666 Å². The average molecular weight is 1580 g/mol. The zero-order valence-corrected chi connectivity index (χ0v) is 70.1. The van der Waals surface area contributed by atoms with Crippen LogP contribution >= 0.6 is 15.6 Å². The number of carbonyl (C=O) groups is 4. The second-order valence-corrected chi connectivity index (χ2v) is 30.2. The van der Waals surface area contributed by atoms with Crippen molar-refractivity contribution in [1.29, 1.82) is 0 Å². The molecule has 110 heavy (non-hydrogen) atoms. The summed E-state index contributed by atoms with van der Waals surface area (Å²) in [7, 11) is -10.0. The first-order valence-corrected chi connectivity index (χ1v) is 45.0. The lowest BCUT2D eigenvalue weighted by atomic mass is 10.0. The van der Waals surface area contributed by atoms with E-state index in [-0.39, 0.29) is 25.7 Å². The molecule has 19 heteroatoms. The zero-order chi connectivity index (χ0) is 80.3. The van der Waals surface area contributed by atoms with E-state index in [1.54, 1.807) is 0 Å². The molecule has 624 valence electrons. The van der Waals surface area contributed by atoms with E-state index < -0.39 is 97.5 Å². The Hall–Kier alpha value is -5.84. The first-order chi connectivity index (χ1) is 53.7. The van der Waals surface area contributed by atoms with Crippen molar-refractivity contribution in [3.05, 3.63) is 182 Å². The molecule has 0 aromatic rings. The molecule has 0 spiro atoms. The first kappa shape index (κ1) is 104. The monoisotopic (exact) mass is 1580 g/mol. The highest BCUT2D eigenvalue weighted by Crippen LogP contribution is 2.45. The quantitative estimate of drug-likeness (QED) is 0.0169. The highest BCUT2D eigenvalue weighted by atomic mass is 31.2. The molecule has 0 amide bonds. The van der Waals surface area contributed by atoms with Gasteiger partial charge in [-0.25, -0.2) is 9.13 Å². The Morgan fingerprint density at radius 2 is 0.473 bits per heavy atom. The van der Waals surface area contributed by atoms with Crippen LogP contribution in [0.4, 0.5) is 0 Å². The third kappa shape index (κ3) is 80.2. The first-order valence-electron chi connectivity index (χ1n) is 42.0. The van der Waals surface area contributed by atoms with Crippen LogP contribution < -0.4 is 0 Å². The molecular formula is C91H148O17P2. The number of esters is 4. The molecule has 0 aliphatic rings. The number of phosphoric ester groups is 2. The third-order valence-electron chi connectivity index (χ3n) is 16.9. The fourth-order valence-corrected chi connectivity index (χ4v) is 12.2. The molecule has 0 heterocycles. The molecule has 0 radical (unpaired) electrons. The van der Waals surface area contributed by atoms with Gasteiger partial charge in [-0.15, -0.1) is 0 Å². The van der Waals surface area contributed by atoms with E-state index in [4.69, 9.17) is 37.0 Å². The molecule has 0 saturated heterocycles. The maximum absolute atomic E-state index is 13.1. The molecule has 0 bridgehead atoms. The summed E-state index contributed by atoms with van der Waals surface area (Å²) in [5.41, 5.74) is 0. The Morgan fingerprint density at radius 3 is 0.727 bits per heavy atom. The molecule has 0 aromatic heterocycles. The molecule has 0 aliphatic heterocycles. The van der Waals surface area contributed by atoms with Crippen LogP contribution in [0, 0.1) is 0 Å². The van der Waals surface area contributed by atoms with Gasteiger partial charge in [0.25, 0.3) is 0 Å². The largest absolute Gasteiger partial charge is 0.472 e. The third-order valence-corrected chi connectivity index (χ3v) is 18.8. The van der Waals surface area contributed by atoms with Crippen LogP contribution in [-0.2, 0) is 65.4 Å². The van der Waals surface area contributed by atoms with Crippen molar-refractivity contribution in [2.75, 3.05) is 39.6 Å². The number of rotatable bonds is 77. The second-order valence-electron chi connectivity index (χ2n) is 27.3. The minimum absolute atomic E-state index is 0.0403. The highest BCUT2D eigenvalue weighted by molar-refractivity contribution is 7.47. The number of carbonyl (C=O) groups excluding carboxylic acids is 4. The summed E-state index contributed by atoms with van der Waals surface area (Å²) in [4.78, 5) is 73.2. The standard InChI is InChI=1S/C91H148O17P2/c1-5-9-13-17-21-25-29-33-36-39-42-45-48-52-56-60-64-68-72-76-89(94)102-82-87(108-91(96)78-74-70-66-62-58-54-50-47-44-41-38-35-31-27-23-19-15-11-7-3)84-106-110(99,100)104-80-85(92)79-103-109(97,98)105-83-86(81-101-88(93)75-71-67-63-59-55-51-32-28-24-20-16-12-8-4)107-90(95)77-73-69-65-61-57-53-49-46-43-40-37-34-30-26-22-18-14-10-6-2/h9-11,13-15,21-23,25-27,33-38,42-47,52-54,56-58,85-87,92H,5-8,12,16-20,24,28-32,39-41,48-51,55,59-84H2,1-4H3,(H,97,98)(H,99,100)/b13-9-,14-10-,15-11-,25-21-,26-22-,27-23-,36-33-,37-34-,38-35-,45-42-,46-43-,47-44-,56-52-,57-53-,58-54-/t85-,86+,87+/m0/s1. The van der Waals surface area contributed by atoms with Crippen LogP contribution in [0.15, 0.2) is 182 Å². The molecule has 0 rings (SSSR count). The van der Waals surface area contributed by atoms with Gasteiger partial charge in [-0.05, 0) is 161 Å². The minimum Gasteiger partial charge on any atom is -0.462 e. The molecule has 5 atom stereocenters. The molecule has 0 saturated carbocycles. The van der Waals surface area contributed by atoms with Gasteiger partial charge in [0.05, 0.1) is 26.4 Å².